The number of rotatable bonds is 7. The highest BCUT2D eigenvalue weighted by Crippen LogP contribution is 2.36. The number of halogens is 2. The summed E-state index contributed by atoms with van der Waals surface area (Å²) in [6.07, 6.45) is 1.44. The van der Waals surface area contributed by atoms with Crippen LogP contribution in [0.4, 0.5) is 15.8 Å². The molecule has 1 fully saturated rings. The lowest BCUT2D eigenvalue weighted by Gasteiger charge is -2.34. The van der Waals surface area contributed by atoms with Gasteiger partial charge in [-0.1, -0.05) is 29.8 Å². The normalized spacial score (nSPS) is 15.3. The van der Waals surface area contributed by atoms with Crippen LogP contribution in [0.1, 0.15) is 24.3 Å². The molecule has 0 unspecified atom stereocenters. The lowest BCUT2D eigenvalue weighted by Crippen LogP contribution is -2.33. The van der Waals surface area contributed by atoms with E-state index in [2.05, 4.69) is 4.72 Å². The van der Waals surface area contributed by atoms with Gasteiger partial charge in [-0.3, -0.25) is 4.72 Å². The summed E-state index contributed by atoms with van der Waals surface area (Å²) in [5.74, 6) is -0.276. The molecule has 0 spiro atoms. The summed E-state index contributed by atoms with van der Waals surface area (Å²) in [6, 6.07) is 17.0. The monoisotopic (exact) mass is 551 g/mol. The molecule has 0 amide bonds. The van der Waals surface area contributed by atoms with Gasteiger partial charge in [0.25, 0.3) is 10.0 Å². The van der Waals surface area contributed by atoms with Gasteiger partial charge < -0.3 is 4.90 Å². The van der Waals surface area contributed by atoms with Crippen molar-refractivity contribution in [3.8, 4) is 0 Å². The lowest BCUT2D eigenvalue weighted by molar-refractivity contribution is 0.498. The predicted molar refractivity (Wildman–Crippen MR) is 140 cm³/mol. The molecule has 7 nitrogen and oxygen atoms in total. The van der Waals surface area contributed by atoms with Crippen molar-refractivity contribution in [3.63, 3.8) is 0 Å². The van der Waals surface area contributed by atoms with Crippen molar-refractivity contribution >= 4 is 43.0 Å². The van der Waals surface area contributed by atoms with Gasteiger partial charge in [0.1, 0.15) is 5.82 Å². The quantitative estimate of drug-likeness (QED) is 0.451. The van der Waals surface area contributed by atoms with E-state index in [1.807, 2.05) is 17.0 Å². The van der Waals surface area contributed by atoms with Crippen LogP contribution in [0, 0.1) is 5.82 Å². The highest BCUT2D eigenvalue weighted by Gasteiger charge is 2.26. The van der Waals surface area contributed by atoms with Gasteiger partial charge in [0.05, 0.1) is 21.2 Å². The maximum atomic E-state index is 14.4. The third-order valence-electron chi connectivity index (χ3n) is 6.30. The van der Waals surface area contributed by atoms with Crippen LogP contribution in [-0.4, -0.2) is 48.3 Å². The second-order valence-corrected chi connectivity index (χ2v) is 13.1. The summed E-state index contributed by atoms with van der Waals surface area (Å²) < 4.78 is 68.9. The van der Waals surface area contributed by atoms with Crippen LogP contribution < -0.4 is 9.62 Å². The fourth-order valence-electron chi connectivity index (χ4n) is 4.32. The molecular formula is C25H27ClFN3O4S2. The van der Waals surface area contributed by atoms with E-state index in [0.29, 0.717) is 29.5 Å². The zero-order valence-corrected chi connectivity index (χ0v) is 22.2. The first-order valence-electron chi connectivity index (χ1n) is 11.3. The van der Waals surface area contributed by atoms with E-state index in [1.165, 1.54) is 44.4 Å². The Hall–Kier alpha value is -2.66. The molecule has 3 aromatic rings. The smallest absolute Gasteiger partial charge is 0.261 e. The Kier molecular flexibility index (Phi) is 7.61. The van der Waals surface area contributed by atoms with Crippen LogP contribution in [0.25, 0.3) is 0 Å². The number of benzene rings is 3. The number of piperidine rings is 1. The standard InChI is InChI=1S/C25H27ClFN3O4S2/c1-29(2)36(33,34)21-10-8-20(9-11-21)35(31,32)28-24-6-4-3-5-22(24)18-13-15-30(16-14-18)25-12-7-19(26)17-23(25)27/h3-12,17-18,28H,13-16H2,1-2H3. The van der Waals surface area contributed by atoms with E-state index in [-0.39, 0.29) is 21.5 Å². The summed E-state index contributed by atoms with van der Waals surface area (Å²) in [5.41, 5.74) is 1.84. The van der Waals surface area contributed by atoms with Gasteiger partial charge >= 0.3 is 0 Å². The summed E-state index contributed by atoms with van der Waals surface area (Å²) in [7, 11) is -4.79. The zero-order valence-electron chi connectivity index (χ0n) is 19.9. The number of anilines is 2. The molecule has 0 aliphatic carbocycles. The number of nitrogens with one attached hydrogen (secondary N) is 1. The van der Waals surface area contributed by atoms with Gasteiger partial charge in [0.15, 0.2) is 0 Å². The van der Waals surface area contributed by atoms with E-state index in [1.54, 1.807) is 24.3 Å². The maximum Gasteiger partial charge on any atom is 0.261 e. The van der Waals surface area contributed by atoms with Crippen molar-refractivity contribution in [1.82, 2.24) is 4.31 Å². The first kappa shape index (κ1) is 26.4. The largest absolute Gasteiger partial charge is 0.369 e. The van der Waals surface area contributed by atoms with Crippen LogP contribution in [0.5, 0.6) is 0 Å². The van der Waals surface area contributed by atoms with Gasteiger partial charge in [0.2, 0.25) is 10.0 Å². The van der Waals surface area contributed by atoms with Crippen molar-refractivity contribution < 1.29 is 21.2 Å². The van der Waals surface area contributed by atoms with Gasteiger partial charge in [-0.15, -0.1) is 0 Å². The van der Waals surface area contributed by atoms with Crippen LogP contribution in [0.15, 0.2) is 76.5 Å². The van der Waals surface area contributed by atoms with Crippen LogP contribution in [0.3, 0.4) is 0 Å². The Morgan fingerprint density at radius 2 is 1.53 bits per heavy atom. The van der Waals surface area contributed by atoms with Crippen LogP contribution in [-0.2, 0) is 20.0 Å². The minimum atomic E-state index is -3.95. The number of hydrogen-bond acceptors (Lipinski definition) is 5. The van der Waals surface area contributed by atoms with Crippen molar-refractivity contribution in [1.29, 1.82) is 0 Å². The second kappa shape index (κ2) is 10.4. The first-order valence-corrected chi connectivity index (χ1v) is 14.6. The Labute approximate surface area is 216 Å². The molecule has 1 heterocycles. The summed E-state index contributed by atoms with van der Waals surface area (Å²) >= 11 is 5.87. The molecule has 0 radical (unpaired) electrons. The lowest BCUT2D eigenvalue weighted by atomic mass is 9.88. The topological polar surface area (TPSA) is 86.8 Å². The molecule has 0 saturated carbocycles. The highest BCUT2D eigenvalue weighted by molar-refractivity contribution is 7.92. The molecule has 11 heteroatoms. The third-order valence-corrected chi connectivity index (χ3v) is 9.75. The predicted octanol–water partition coefficient (Wildman–Crippen LogP) is 4.91. The SMILES string of the molecule is CN(C)S(=O)(=O)c1ccc(S(=O)(=O)Nc2ccccc2C2CCN(c3ccc(Cl)cc3F)CC2)cc1. The zero-order chi connectivity index (χ0) is 26.1. The van der Waals surface area contributed by atoms with Gasteiger partial charge in [0, 0.05) is 32.2 Å². The summed E-state index contributed by atoms with van der Waals surface area (Å²) in [5, 5.41) is 0.348. The molecule has 0 bridgehead atoms. The minimum Gasteiger partial charge on any atom is -0.369 e. The minimum absolute atomic E-state index is 0.00994. The fraction of sp³-hybridized carbons (Fsp3) is 0.280. The first-order chi connectivity index (χ1) is 17.0. The summed E-state index contributed by atoms with van der Waals surface area (Å²) in [6.45, 7) is 1.23. The molecular weight excluding hydrogens is 525 g/mol. The van der Waals surface area contributed by atoms with Gasteiger partial charge in [-0.2, -0.15) is 0 Å². The second-order valence-electron chi connectivity index (χ2n) is 8.81. The van der Waals surface area contributed by atoms with Crippen molar-refractivity contribution in [2.45, 2.75) is 28.6 Å². The average molecular weight is 552 g/mol. The van der Waals surface area contributed by atoms with Crippen LogP contribution >= 0.6 is 11.6 Å². The molecule has 0 atom stereocenters. The fourth-order valence-corrected chi connectivity index (χ4v) is 6.47. The van der Waals surface area contributed by atoms with Crippen LogP contribution in [0.2, 0.25) is 5.02 Å². The Morgan fingerprint density at radius 1 is 0.917 bits per heavy atom. The molecule has 1 N–H and O–H groups in total. The molecule has 3 aromatic carbocycles. The van der Waals surface area contributed by atoms with Crippen molar-refractivity contribution in [2.75, 3.05) is 36.8 Å². The third kappa shape index (κ3) is 5.51. The molecule has 0 aromatic heterocycles. The molecule has 1 saturated heterocycles. The Bertz CT molecular complexity index is 1450. The van der Waals surface area contributed by atoms with E-state index < -0.39 is 20.0 Å². The molecule has 1 aliphatic rings. The molecule has 192 valence electrons. The maximum absolute atomic E-state index is 14.4. The molecule has 1 aliphatic heterocycles. The highest BCUT2D eigenvalue weighted by atomic mass is 35.5. The summed E-state index contributed by atoms with van der Waals surface area (Å²) in [4.78, 5) is 1.94. The van der Waals surface area contributed by atoms with E-state index in [4.69, 9.17) is 11.6 Å². The molecule has 36 heavy (non-hydrogen) atoms. The number of nitrogens with zero attached hydrogens (tertiary/aromatic N) is 2. The Balaban J connectivity index is 1.51. The van der Waals surface area contributed by atoms with Crippen molar-refractivity contribution in [2.24, 2.45) is 0 Å². The number of hydrogen-bond donors (Lipinski definition) is 1. The van der Waals surface area contributed by atoms with E-state index in [0.717, 1.165) is 22.7 Å². The average Bonchev–Trinajstić information content (AvgIpc) is 2.84. The Morgan fingerprint density at radius 3 is 2.14 bits per heavy atom. The molecule has 4 rings (SSSR count). The van der Waals surface area contributed by atoms with Gasteiger partial charge in [-0.05, 0) is 72.9 Å². The van der Waals surface area contributed by atoms with Crippen molar-refractivity contribution in [3.05, 3.63) is 83.1 Å². The van der Waals surface area contributed by atoms with E-state index in [9.17, 15) is 21.2 Å². The number of sulfonamides is 2. The van der Waals surface area contributed by atoms with E-state index >= 15 is 0 Å². The van der Waals surface area contributed by atoms with Gasteiger partial charge in [-0.25, -0.2) is 25.5 Å². The number of para-hydroxylation sites is 1.